The van der Waals surface area contributed by atoms with Crippen LogP contribution in [-0.2, 0) is 9.53 Å². The third kappa shape index (κ3) is 3.39. The topological polar surface area (TPSA) is 69.6 Å². The molecule has 0 aromatic heterocycles. The van der Waals surface area contributed by atoms with Crippen molar-refractivity contribution in [3.05, 3.63) is 65.7 Å². The number of carbonyl (C=O) groups excluding carboxylic acids is 1. The molecule has 0 saturated heterocycles. The summed E-state index contributed by atoms with van der Waals surface area (Å²) in [7, 11) is 4.61. The first-order valence-electron chi connectivity index (χ1n) is 9.40. The van der Waals surface area contributed by atoms with Crippen LogP contribution in [0.3, 0.4) is 0 Å². The van der Waals surface area contributed by atoms with Crippen molar-refractivity contribution >= 4 is 22.6 Å². The van der Waals surface area contributed by atoms with E-state index in [9.17, 15) is 4.79 Å². The molecule has 0 N–H and O–H groups in total. The Morgan fingerprint density at radius 1 is 0.933 bits per heavy atom. The van der Waals surface area contributed by atoms with Crippen molar-refractivity contribution in [2.45, 2.75) is 13.2 Å². The number of fused-ring (bicyclic) bond motifs is 1. The van der Waals surface area contributed by atoms with E-state index in [1.165, 1.54) is 33.3 Å². The summed E-state index contributed by atoms with van der Waals surface area (Å²) in [6, 6.07) is 17.4. The van der Waals surface area contributed by atoms with Gasteiger partial charge in [-0.05, 0) is 35.0 Å². The van der Waals surface area contributed by atoms with Crippen LogP contribution in [0, 0.1) is 0 Å². The van der Waals surface area contributed by atoms with Crippen LogP contribution in [0.5, 0.6) is 17.2 Å². The maximum Gasteiger partial charge on any atom is 0.243 e. The fourth-order valence-electron chi connectivity index (χ4n) is 3.47. The van der Waals surface area contributed by atoms with Crippen LogP contribution in [0.15, 0.2) is 59.7 Å². The highest BCUT2D eigenvalue weighted by Gasteiger charge is 2.34. The number of benzene rings is 3. The van der Waals surface area contributed by atoms with Gasteiger partial charge in [-0.1, -0.05) is 30.3 Å². The van der Waals surface area contributed by atoms with Gasteiger partial charge >= 0.3 is 0 Å². The van der Waals surface area contributed by atoms with Crippen LogP contribution in [0.2, 0.25) is 0 Å². The molecule has 3 aromatic carbocycles. The van der Waals surface area contributed by atoms with Gasteiger partial charge in [0.15, 0.2) is 11.5 Å². The third-order valence-corrected chi connectivity index (χ3v) is 4.94. The summed E-state index contributed by atoms with van der Waals surface area (Å²) >= 11 is 0. The standard InChI is InChI=1S/C23H22N2O5/c1-14(26)25-23(18-12-19(27-2)21(29-4)20(13-18)28-3)30-22(24-25)17-10-9-15-7-5-6-8-16(15)11-17/h5-13,23H,1-4H3. The lowest BCUT2D eigenvalue weighted by Gasteiger charge is -2.21. The Balaban J connectivity index is 1.74. The van der Waals surface area contributed by atoms with Crippen molar-refractivity contribution in [3.63, 3.8) is 0 Å². The van der Waals surface area contributed by atoms with E-state index in [2.05, 4.69) is 5.10 Å². The van der Waals surface area contributed by atoms with E-state index in [0.29, 0.717) is 28.7 Å². The largest absolute Gasteiger partial charge is 0.493 e. The highest BCUT2D eigenvalue weighted by molar-refractivity contribution is 6.00. The summed E-state index contributed by atoms with van der Waals surface area (Å²) in [4.78, 5) is 12.3. The number of ether oxygens (including phenoxy) is 4. The number of amides is 1. The first-order chi connectivity index (χ1) is 14.5. The zero-order valence-electron chi connectivity index (χ0n) is 17.2. The van der Waals surface area contributed by atoms with Crippen molar-refractivity contribution in [3.8, 4) is 17.2 Å². The van der Waals surface area contributed by atoms with Gasteiger partial charge in [0.1, 0.15) is 0 Å². The van der Waals surface area contributed by atoms with E-state index in [0.717, 1.165) is 16.3 Å². The predicted octanol–water partition coefficient (Wildman–Crippen LogP) is 4.10. The second-order valence-electron chi connectivity index (χ2n) is 6.76. The zero-order valence-corrected chi connectivity index (χ0v) is 17.2. The number of hydrogen-bond acceptors (Lipinski definition) is 6. The molecule has 1 heterocycles. The van der Waals surface area contributed by atoms with E-state index < -0.39 is 6.23 Å². The first kappa shape index (κ1) is 19.6. The van der Waals surface area contributed by atoms with E-state index in [4.69, 9.17) is 18.9 Å². The maximum absolute atomic E-state index is 12.3. The molecule has 1 unspecified atom stereocenters. The molecule has 0 bridgehead atoms. The van der Waals surface area contributed by atoms with Gasteiger partial charge in [-0.2, -0.15) is 5.01 Å². The lowest BCUT2D eigenvalue weighted by molar-refractivity contribution is -0.135. The maximum atomic E-state index is 12.3. The van der Waals surface area contributed by atoms with Gasteiger partial charge in [0.05, 0.1) is 21.3 Å². The second-order valence-corrected chi connectivity index (χ2v) is 6.76. The van der Waals surface area contributed by atoms with Crippen LogP contribution >= 0.6 is 0 Å². The molecule has 7 heteroatoms. The van der Waals surface area contributed by atoms with Crippen LogP contribution in [0.25, 0.3) is 10.8 Å². The fraction of sp³-hybridized carbons (Fsp3) is 0.217. The van der Waals surface area contributed by atoms with Gasteiger partial charge < -0.3 is 18.9 Å². The summed E-state index contributed by atoms with van der Waals surface area (Å²) in [6.07, 6.45) is -0.752. The number of methoxy groups -OCH3 is 3. The molecule has 3 aromatic rings. The van der Waals surface area contributed by atoms with Crippen molar-refractivity contribution < 1.29 is 23.7 Å². The molecule has 0 saturated carbocycles. The van der Waals surface area contributed by atoms with Crippen molar-refractivity contribution in [2.75, 3.05) is 21.3 Å². The quantitative estimate of drug-likeness (QED) is 0.638. The van der Waals surface area contributed by atoms with Gasteiger partial charge in [-0.3, -0.25) is 4.79 Å². The minimum absolute atomic E-state index is 0.246. The van der Waals surface area contributed by atoms with E-state index >= 15 is 0 Å². The molecule has 7 nitrogen and oxygen atoms in total. The summed E-state index contributed by atoms with van der Waals surface area (Å²) in [5.41, 5.74) is 1.44. The SMILES string of the molecule is COc1cc(C2OC(c3ccc4ccccc4c3)=NN2C(C)=O)cc(OC)c1OC. The fourth-order valence-corrected chi connectivity index (χ4v) is 3.47. The molecule has 0 spiro atoms. The molecular weight excluding hydrogens is 384 g/mol. The molecule has 30 heavy (non-hydrogen) atoms. The average molecular weight is 406 g/mol. The molecule has 0 aliphatic carbocycles. The van der Waals surface area contributed by atoms with E-state index in [-0.39, 0.29) is 5.91 Å². The summed E-state index contributed by atoms with van der Waals surface area (Å²) < 4.78 is 22.4. The van der Waals surface area contributed by atoms with Crippen LogP contribution in [-0.4, -0.2) is 38.1 Å². The molecule has 1 aliphatic heterocycles. The lowest BCUT2D eigenvalue weighted by Crippen LogP contribution is -2.25. The Kier molecular flexibility index (Phi) is 5.18. The molecule has 0 radical (unpaired) electrons. The minimum atomic E-state index is -0.752. The van der Waals surface area contributed by atoms with Gasteiger partial charge in [0.2, 0.25) is 23.8 Å². The first-order valence-corrected chi connectivity index (χ1v) is 9.40. The van der Waals surface area contributed by atoms with Crippen molar-refractivity contribution in [2.24, 2.45) is 5.10 Å². The van der Waals surface area contributed by atoms with Crippen molar-refractivity contribution in [1.29, 1.82) is 0 Å². The number of rotatable bonds is 5. The zero-order chi connectivity index (χ0) is 21.3. The van der Waals surface area contributed by atoms with Crippen LogP contribution in [0.4, 0.5) is 0 Å². The highest BCUT2D eigenvalue weighted by Crippen LogP contribution is 2.42. The predicted molar refractivity (Wildman–Crippen MR) is 113 cm³/mol. The van der Waals surface area contributed by atoms with Gasteiger partial charge in [0.25, 0.3) is 0 Å². The Morgan fingerprint density at radius 2 is 1.60 bits per heavy atom. The van der Waals surface area contributed by atoms with Crippen LogP contribution < -0.4 is 14.2 Å². The lowest BCUT2D eigenvalue weighted by atomic mass is 10.1. The summed E-state index contributed by atoms with van der Waals surface area (Å²) in [6.45, 7) is 1.45. The Hall–Kier alpha value is -3.74. The van der Waals surface area contributed by atoms with Crippen LogP contribution in [0.1, 0.15) is 24.3 Å². The summed E-state index contributed by atoms with van der Waals surface area (Å²) in [5, 5.41) is 7.93. The molecule has 0 fully saturated rings. The monoisotopic (exact) mass is 406 g/mol. The Labute approximate surface area is 174 Å². The van der Waals surface area contributed by atoms with E-state index in [1.54, 1.807) is 12.1 Å². The molecule has 1 atom stereocenters. The van der Waals surface area contributed by atoms with E-state index in [1.807, 2.05) is 42.5 Å². The number of hydrogen-bond donors (Lipinski definition) is 0. The average Bonchev–Trinajstić information content (AvgIpc) is 3.23. The number of carbonyl (C=O) groups is 1. The molecule has 154 valence electrons. The summed E-state index contributed by atoms with van der Waals surface area (Å²) in [5.74, 6) is 1.53. The third-order valence-electron chi connectivity index (χ3n) is 4.94. The number of nitrogens with zero attached hydrogens (tertiary/aromatic N) is 2. The number of hydrazone groups is 1. The molecule has 1 aliphatic rings. The van der Waals surface area contributed by atoms with Gasteiger partial charge in [-0.25, -0.2) is 0 Å². The molecule has 4 rings (SSSR count). The highest BCUT2D eigenvalue weighted by atomic mass is 16.5. The Bertz CT molecular complexity index is 1120. The Morgan fingerprint density at radius 3 is 2.20 bits per heavy atom. The smallest absolute Gasteiger partial charge is 0.243 e. The van der Waals surface area contributed by atoms with Gasteiger partial charge in [-0.15, -0.1) is 5.10 Å². The molecule has 1 amide bonds. The van der Waals surface area contributed by atoms with Crippen molar-refractivity contribution in [1.82, 2.24) is 5.01 Å². The normalized spacial score (nSPS) is 15.5. The minimum Gasteiger partial charge on any atom is -0.493 e. The second kappa shape index (κ2) is 7.94. The van der Waals surface area contributed by atoms with Gasteiger partial charge in [0, 0.05) is 18.1 Å². The molecular formula is C23H22N2O5.